The fourth-order valence-corrected chi connectivity index (χ4v) is 1.65. The molecule has 0 atom stereocenters. The third-order valence-corrected chi connectivity index (χ3v) is 3.19. The van der Waals surface area contributed by atoms with Crippen LogP contribution in [0.2, 0.25) is 0 Å². The summed E-state index contributed by atoms with van der Waals surface area (Å²) in [7, 11) is 0. The number of carbonyl (C=O) groups is 1. The minimum absolute atomic E-state index is 0.00144. The Kier molecular flexibility index (Phi) is 6.60. The van der Waals surface area contributed by atoms with Gasteiger partial charge in [0.2, 0.25) is 0 Å². The molecule has 0 rings (SSSR count). The van der Waals surface area contributed by atoms with Crippen LogP contribution >= 0.6 is 0 Å². The zero-order chi connectivity index (χ0) is 11.0. The van der Waals surface area contributed by atoms with Crippen LogP contribution in [0.5, 0.6) is 0 Å². The summed E-state index contributed by atoms with van der Waals surface area (Å²) in [5.74, 6) is -0.00144. The molecule has 0 bridgehead atoms. The van der Waals surface area contributed by atoms with Crippen molar-refractivity contribution >= 4 is 5.97 Å². The van der Waals surface area contributed by atoms with Gasteiger partial charge in [-0.25, -0.2) is 0 Å². The van der Waals surface area contributed by atoms with Crippen molar-refractivity contribution in [2.45, 2.75) is 59.8 Å². The quantitative estimate of drug-likeness (QED) is 0.464. The highest BCUT2D eigenvalue weighted by molar-refractivity contribution is 5.76. The molecule has 0 N–H and O–H groups in total. The molecule has 0 aliphatic carbocycles. The fraction of sp³-hybridized carbons (Fsp3) is 0.917. The van der Waals surface area contributed by atoms with Crippen molar-refractivity contribution in [1.82, 2.24) is 0 Å². The van der Waals surface area contributed by atoms with E-state index in [2.05, 4.69) is 27.7 Å². The summed E-state index contributed by atoms with van der Waals surface area (Å²) in [6.45, 7) is 8.87. The molecule has 14 heavy (non-hydrogen) atoms. The van der Waals surface area contributed by atoms with Crippen LogP contribution in [0.3, 0.4) is 0 Å². The highest BCUT2D eigenvalue weighted by atomic mass is 16.5. The lowest BCUT2D eigenvalue weighted by molar-refractivity contribution is -0.157. The Balaban J connectivity index is 4.15. The second-order valence-electron chi connectivity index (χ2n) is 3.83. The number of ether oxygens (including phenoxy) is 1. The smallest absolute Gasteiger partial charge is 0.312 e. The average molecular weight is 200 g/mol. The van der Waals surface area contributed by atoms with Crippen molar-refractivity contribution in [1.29, 1.82) is 0 Å². The summed E-state index contributed by atoms with van der Waals surface area (Å²) >= 11 is 0. The van der Waals surface area contributed by atoms with Gasteiger partial charge in [-0.2, -0.15) is 0 Å². The standard InChI is InChI=1S/C12H24O2/c1-5-9-10-14-11(13)12(6-2,7-3)8-4/h5-10H2,1-4H3. The van der Waals surface area contributed by atoms with Crippen molar-refractivity contribution in [3.8, 4) is 0 Å². The summed E-state index contributed by atoms with van der Waals surface area (Å²) < 4.78 is 5.28. The largest absolute Gasteiger partial charge is 0.465 e. The molecule has 0 saturated heterocycles. The topological polar surface area (TPSA) is 26.3 Å². The normalized spacial score (nSPS) is 11.4. The molecule has 0 heterocycles. The first-order valence-electron chi connectivity index (χ1n) is 5.84. The molecule has 0 aromatic heterocycles. The van der Waals surface area contributed by atoms with Crippen LogP contribution in [-0.4, -0.2) is 12.6 Å². The molecule has 0 unspecified atom stereocenters. The molecule has 0 saturated carbocycles. The van der Waals surface area contributed by atoms with Gasteiger partial charge in [0, 0.05) is 0 Å². The Labute approximate surface area is 88.0 Å². The zero-order valence-electron chi connectivity index (χ0n) is 10.1. The molecule has 2 heteroatoms. The molecule has 0 aromatic rings. The van der Waals surface area contributed by atoms with Gasteiger partial charge in [0.05, 0.1) is 12.0 Å². The lowest BCUT2D eigenvalue weighted by atomic mass is 9.80. The predicted octanol–water partition coefficient (Wildman–Crippen LogP) is 3.55. The van der Waals surface area contributed by atoms with E-state index in [9.17, 15) is 4.79 Å². The number of carbonyl (C=O) groups excluding carboxylic acids is 1. The predicted molar refractivity (Wildman–Crippen MR) is 59.2 cm³/mol. The summed E-state index contributed by atoms with van der Waals surface area (Å²) in [6.07, 6.45) is 4.69. The van der Waals surface area contributed by atoms with Crippen LogP contribution in [0.15, 0.2) is 0 Å². The molecule has 0 amide bonds. The maximum Gasteiger partial charge on any atom is 0.312 e. The molecular weight excluding hydrogens is 176 g/mol. The molecular formula is C12H24O2. The Morgan fingerprint density at radius 1 is 1.07 bits per heavy atom. The lowest BCUT2D eigenvalue weighted by Gasteiger charge is -2.27. The second-order valence-corrected chi connectivity index (χ2v) is 3.83. The van der Waals surface area contributed by atoms with Crippen molar-refractivity contribution in [2.75, 3.05) is 6.61 Å². The highest BCUT2D eigenvalue weighted by Gasteiger charge is 2.34. The summed E-state index contributed by atoms with van der Waals surface area (Å²) in [5.41, 5.74) is -0.228. The molecule has 0 aliphatic heterocycles. The minimum atomic E-state index is -0.228. The molecule has 0 fully saturated rings. The Bertz CT molecular complexity index is 151. The summed E-state index contributed by atoms with van der Waals surface area (Å²) in [6, 6.07) is 0. The Hall–Kier alpha value is -0.530. The molecule has 0 aromatic carbocycles. The van der Waals surface area contributed by atoms with Crippen LogP contribution in [0.25, 0.3) is 0 Å². The van der Waals surface area contributed by atoms with Gasteiger partial charge in [0.25, 0.3) is 0 Å². The van der Waals surface area contributed by atoms with Crippen molar-refractivity contribution in [3.63, 3.8) is 0 Å². The Morgan fingerprint density at radius 2 is 1.57 bits per heavy atom. The summed E-state index contributed by atoms with van der Waals surface area (Å²) in [4.78, 5) is 11.8. The molecule has 0 aliphatic rings. The number of esters is 1. The number of hydrogen-bond acceptors (Lipinski definition) is 2. The van der Waals surface area contributed by atoms with E-state index < -0.39 is 0 Å². The van der Waals surface area contributed by atoms with Gasteiger partial charge in [-0.15, -0.1) is 0 Å². The average Bonchev–Trinajstić information content (AvgIpc) is 2.22. The maximum absolute atomic E-state index is 11.8. The van der Waals surface area contributed by atoms with E-state index in [4.69, 9.17) is 4.74 Å². The highest BCUT2D eigenvalue weighted by Crippen LogP contribution is 2.31. The van der Waals surface area contributed by atoms with E-state index in [0.717, 1.165) is 32.1 Å². The van der Waals surface area contributed by atoms with E-state index in [1.807, 2.05) is 0 Å². The number of rotatable bonds is 7. The number of hydrogen-bond donors (Lipinski definition) is 0. The van der Waals surface area contributed by atoms with E-state index in [-0.39, 0.29) is 11.4 Å². The van der Waals surface area contributed by atoms with E-state index in [1.54, 1.807) is 0 Å². The van der Waals surface area contributed by atoms with Gasteiger partial charge in [0.15, 0.2) is 0 Å². The second kappa shape index (κ2) is 6.86. The van der Waals surface area contributed by atoms with Crippen LogP contribution in [0.4, 0.5) is 0 Å². The minimum Gasteiger partial charge on any atom is -0.465 e. The van der Waals surface area contributed by atoms with Gasteiger partial charge < -0.3 is 4.74 Å². The monoisotopic (exact) mass is 200 g/mol. The molecule has 0 radical (unpaired) electrons. The van der Waals surface area contributed by atoms with Gasteiger partial charge in [-0.05, 0) is 25.7 Å². The van der Waals surface area contributed by atoms with Crippen LogP contribution in [0, 0.1) is 5.41 Å². The van der Waals surface area contributed by atoms with Crippen LogP contribution in [-0.2, 0) is 9.53 Å². The van der Waals surface area contributed by atoms with E-state index >= 15 is 0 Å². The first-order valence-corrected chi connectivity index (χ1v) is 5.84. The van der Waals surface area contributed by atoms with Crippen molar-refractivity contribution in [2.24, 2.45) is 5.41 Å². The fourth-order valence-electron chi connectivity index (χ4n) is 1.65. The van der Waals surface area contributed by atoms with Crippen LogP contribution < -0.4 is 0 Å². The summed E-state index contributed by atoms with van der Waals surface area (Å²) in [5, 5.41) is 0. The third kappa shape index (κ3) is 3.32. The molecule has 84 valence electrons. The number of unbranched alkanes of at least 4 members (excludes halogenated alkanes) is 1. The molecule has 2 nitrogen and oxygen atoms in total. The van der Waals surface area contributed by atoms with Crippen LogP contribution in [0.1, 0.15) is 59.8 Å². The van der Waals surface area contributed by atoms with Crippen molar-refractivity contribution < 1.29 is 9.53 Å². The lowest BCUT2D eigenvalue weighted by Crippen LogP contribution is -2.31. The van der Waals surface area contributed by atoms with Gasteiger partial charge in [-0.1, -0.05) is 34.1 Å². The third-order valence-electron chi connectivity index (χ3n) is 3.19. The van der Waals surface area contributed by atoms with E-state index in [1.165, 1.54) is 0 Å². The van der Waals surface area contributed by atoms with Gasteiger partial charge >= 0.3 is 5.97 Å². The van der Waals surface area contributed by atoms with Gasteiger partial charge in [0.1, 0.15) is 0 Å². The van der Waals surface area contributed by atoms with Gasteiger partial charge in [-0.3, -0.25) is 4.79 Å². The molecule has 0 spiro atoms. The Morgan fingerprint density at radius 3 is 1.93 bits per heavy atom. The first kappa shape index (κ1) is 13.5. The first-order chi connectivity index (χ1) is 6.66. The SMILES string of the molecule is CCCCOC(=O)C(CC)(CC)CC. The van der Waals surface area contributed by atoms with E-state index in [0.29, 0.717) is 6.61 Å². The maximum atomic E-state index is 11.8. The van der Waals surface area contributed by atoms with Crippen molar-refractivity contribution in [3.05, 3.63) is 0 Å². The zero-order valence-corrected chi connectivity index (χ0v) is 10.1.